The van der Waals surface area contributed by atoms with Crippen molar-refractivity contribution in [1.29, 1.82) is 0 Å². The standard InChI is InChI=1S/C8H16N2OS/c1-3-5-6(7(9)12)8(11)10-4-2/h6H,3-5H2,1-2H3,(H2,9,12)(H,10,11). The summed E-state index contributed by atoms with van der Waals surface area (Å²) in [5.74, 6) is -0.336. The predicted octanol–water partition coefficient (Wildman–Crippen LogP) is 0.825. The normalized spacial score (nSPS) is 12.2. The molecular weight excluding hydrogens is 172 g/mol. The van der Waals surface area contributed by atoms with Crippen LogP contribution >= 0.6 is 12.2 Å². The molecule has 0 spiro atoms. The van der Waals surface area contributed by atoms with Crippen molar-refractivity contribution in [3.05, 3.63) is 0 Å². The minimum Gasteiger partial charge on any atom is -0.393 e. The summed E-state index contributed by atoms with van der Waals surface area (Å²) in [6, 6.07) is 0. The van der Waals surface area contributed by atoms with Gasteiger partial charge in [0.1, 0.15) is 0 Å². The van der Waals surface area contributed by atoms with E-state index in [1.807, 2.05) is 13.8 Å². The summed E-state index contributed by atoms with van der Waals surface area (Å²) >= 11 is 4.79. The number of hydrogen-bond donors (Lipinski definition) is 2. The molecule has 0 heterocycles. The molecule has 0 saturated carbocycles. The highest BCUT2D eigenvalue weighted by molar-refractivity contribution is 7.80. The van der Waals surface area contributed by atoms with Crippen molar-refractivity contribution in [3.8, 4) is 0 Å². The van der Waals surface area contributed by atoms with Crippen LogP contribution in [0.25, 0.3) is 0 Å². The Morgan fingerprint density at radius 2 is 2.17 bits per heavy atom. The van der Waals surface area contributed by atoms with Crippen molar-refractivity contribution in [2.45, 2.75) is 26.7 Å². The fraction of sp³-hybridized carbons (Fsp3) is 0.750. The van der Waals surface area contributed by atoms with Crippen LogP contribution in [0.2, 0.25) is 0 Å². The number of amides is 1. The van der Waals surface area contributed by atoms with Gasteiger partial charge in [-0.3, -0.25) is 4.79 Å². The van der Waals surface area contributed by atoms with Crippen molar-refractivity contribution in [2.24, 2.45) is 11.7 Å². The molecule has 1 unspecified atom stereocenters. The monoisotopic (exact) mass is 188 g/mol. The number of hydrogen-bond acceptors (Lipinski definition) is 2. The van der Waals surface area contributed by atoms with Gasteiger partial charge in [-0.05, 0) is 13.3 Å². The number of nitrogens with one attached hydrogen (secondary N) is 1. The van der Waals surface area contributed by atoms with Gasteiger partial charge in [0.2, 0.25) is 5.91 Å². The van der Waals surface area contributed by atoms with Crippen LogP contribution in [0.1, 0.15) is 26.7 Å². The van der Waals surface area contributed by atoms with Crippen LogP contribution in [0, 0.1) is 5.92 Å². The number of carbonyl (C=O) groups excluding carboxylic acids is 1. The van der Waals surface area contributed by atoms with Crippen molar-refractivity contribution < 1.29 is 4.79 Å². The molecule has 0 fully saturated rings. The molecule has 0 aliphatic heterocycles. The Morgan fingerprint density at radius 3 is 2.50 bits per heavy atom. The third kappa shape index (κ3) is 3.67. The maximum Gasteiger partial charge on any atom is 0.229 e. The Morgan fingerprint density at radius 1 is 1.58 bits per heavy atom. The third-order valence-electron chi connectivity index (χ3n) is 1.59. The lowest BCUT2D eigenvalue weighted by Gasteiger charge is -2.13. The highest BCUT2D eigenvalue weighted by atomic mass is 32.1. The first kappa shape index (κ1) is 11.4. The summed E-state index contributed by atoms with van der Waals surface area (Å²) in [7, 11) is 0. The molecule has 3 nitrogen and oxygen atoms in total. The summed E-state index contributed by atoms with van der Waals surface area (Å²) in [6.45, 7) is 4.51. The fourth-order valence-corrected chi connectivity index (χ4v) is 1.21. The average Bonchev–Trinajstić information content (AvgIpc) is 1.99. The van der Waals surface area contributed by atoms with E-state index in [0.717, 1.165) is 12.8 Å². The zero-order chi connectivity index (χ0) is 9.56. The van der Waals surface area contributed by atoms with E-state index in [0.29, 0.717) is 11.5 Å². The van der Waals surface area contributed by atoms with E-state index in [1.54, 1.807) is 0 Å². The molecule has 70 valence electrons. The van der Waals surface area contributed by atoms with Crippen LogP contribution in [0.15, 0.2) is 0 Å². The van der Waals surface area contributed by atoms with Crippen LogP contribution in [-0.2, 0) is 4.79 Å². The van der Waals surface area contributed by atoms with E-state index < -0.39 is 0 Å². The van der Waals surface area contributed by atoms with Gasteiger partial charge >= 0.3 is 0 Å². The van der Waals surface area contributed by atoms with Crippen molar-refractivity contribution in [1.82, 2.24) is 5.32 Å². The molecule has 0 bridgehead atoms. The topological polar surface area (TPSA) is 55.1 Å². The summed E-state index contributed by atoms with van der Waals surface area (Å²) in [5.41, 5.74) is 5.42. The molecule has 0 aromatic rings. The predicted molar refractivity (Wildman–Crippen MR) is 53.9 cm³/mol. The fourth-order valence-electron chi connectivity index (χ4n) is 0.989. The number of rotatable bonds is 5. The lowest BCUT2D eigenvalue weighted by Crippen LogP contribution is -2.37. The summed E-state index contributed by atoms with van der Waals surface area (Å²) in [4.78, 5) is 11.6. The van der Waals surface area contributed by atoms with Crippen LogP contribution in [0.5, 0.6) is 0 Å². The minimum atomic E-state index is -0.287. The summed E-state index contributed by atoms with van der Waals surface area (Å²) in [5, 5.41) is 2.71. The Balaban J connectivity index is 4.09. The van der Waals surface area contributed by atoms with Crippen LogP contribution in [0.4, 0.5) is 0 Å². The highest BCUT2D eigenvalue weighted by Crippen LogP contribution is 2.06. The molecule has 0 aromatic heterocycles. The molecular formula is C8H16N2OS. The van der Waals surface area contributed by atoms with Crippen LogP contribution in [-0.4, -0.2) is 17.4 Å². The molecule has 1 amide bonds. The quantitative estimate of drug-likeness (QED) is 0.628. The SMILES string of the molecule is CCCC(C(=O)NCC)C(N)=S. The first-order chi connectivity index (χ1) is 5.63. The van der Waals surface area contributed by atoms with E-state index >= 15 is 0 Å². The Hall–Kier alpha value is -0.640. The third-order valence-corrected chi connectivity index (χ3v) is 1.87. The maximum absolute atomic E-state index is 11.3. The van der Waals surface area contributed by atoms with E-state index in [4.69, 9.17) is 18.0 Å². The largest absolute Gasteiger partial charge is 0.393 e. The van der Waals surface area contributed by atoms with Crippen molar-refractivity contribution in [3.63, 3.8) is 0 Å². The van der Waals surface area contributed by atoms with Crippen molar-refractivity contribution in [2.75, 3.05) is 6.54 Å². The van der Waals surface area contributed by atoms with Gasteiger partial charge in [0.15, 0.2) is 0 Å². The number of thiocarbonyl (C=S) groups is 1. The number of carbonyl (C=O) groups is 1. The maximum atomic E-state index is 11.3. The second-order valence-electron chi connectivity index (χ2n) is 2.64. The van der Waals surface area contributed by atoms with E-state index in [2.05, 4.69) is 5.32 Å². The molecule has 0 rings (SSSR count). The second-order valence-corrected chi connectivity index (χ2v) is 3.11. The Kier molecular flexibility index (Phi) is 5.62. The van der Waals surface area contributed by atoms with Gasteiger partial charge in [0, 0.05) is 6.54 Å². The van der Waals surface area contributed by atoms with E-state index in [1.165, 1.54) is 0 Å². The van der Waals surface area contributed by atoms with Crippen molar-refractivity contribution >= 4 is 23.1 Å². The first-order valence-electron chi connectivity index (χ1n) is 4.20. The summed E-state index contributed by atoms with van der Waals surface area (Å²) < 4.78 is 0. The Bertz CT molecular complexity index is 170. The molecule has 0 radical (unpaired) electrons. The van der Waals surface area contributed by atoms with Gasteiger partial charge in [-0.25, -0.2) is 0 Å². The van der Waals surface area contributed by atoms with E-state index in [9.17, 15) is 4.79 Å². The van der Waals surface area contributed by atoms with Crippen LogP contribution in [0.3, 0.4) is 0 Å². The van der Waals surface area contributed by atoms with Crippen LogP contribution < -0.4 is 11.1 Å². The van der Waals surface area contributed by atoms with Gasteiger partial charge in [-0.1, -0.05) is 25.6 Å². The molecule has 4 heteroatoms. The Labute approximate surface area is 78.7 Å². The van der Waals surface area contributed by atoms with Gasteiger partial charge in [0.05, 0.1) is 10.9 Å². The van der Waals surface area contributed by atoms with Gasteiger partial charge < -0.3 is 11.1 Å². The molecule has 0 aromatic carbocycles. The minimum absolute atomic E-state index is 0.0492. The molecule has 1 atom stereocenters. The average molecular weight is 188 g/mol. The molecule has 0 aliphatic carbocycles. The zero-order valence-corrected chi connectivity index (χ0v) is 8.41. The molecule has 0 saturated heterocycles. The highest BCUT2D eigenvalue weighted by Gasteiger charge is 2.18. The molecule has 3 N–H and O–H groups in total. The van der Waals surface area contributed by atoms with Gasteiger partial charge in [-0.15, -0.1) is 0 Å². The number of nitrogens with two attached hydrogens (primary N) is 1. The first-order valence-corrected chi connectivity index (χ1v) is 4.61. The molecule has 0 aliphatic rings. The smallest absolute Gasteiger partial charge is 0.229 e. The van der Waals surface area contributed by atoms with Gasteiger partial charge in [-0.2, -0.15) is 0 Å². The van der Waals surface area contributed by atoms with E-state index in [-0.39, 0.29) is 11.8 Å². The second kappa shape index (κ2) is 5.94. The lowest BCUT2D eigenvalue weighted by atomic mass is 10.0. The van der Waals surface area contributed by atoms with Gasteiger partial charge in [0.25, 0.3) is 0 Å². The summed E-state index contributed by atoms with van der Waals surface area (Å²) in [6.07, 6.45) is 1.65. The lowest BCUT2D eigenvalue weighted by molar-refractivity contribution is -0.123. The molecule has 12 heavy (non-hydrogen) atoms. The zero-order valence-electron chi connectivity index (χ0n) is 7.59.